The fourth-order valence-electron chi connectivity index (χ4n) is 4.07. The van der Waals surface area contributed by atoms with Crippen molar-refractivity contribution in [2.24, 2.45) is 5.92 Å². The number of benzene rings is 1. The minimum Gasteiger partial charge on any atom is -0.462 e. The Hall–Kier alpha value is -2.53. The van der Waals surface area contributed by atoms with Crippen LogP contribution in [-0.2, 0) is 33.3 Å². The number of rotatable bonds is 5. The average molecular weight is 513 g/mol. The van der Waals surface area contributed by atoms with Crippen LogP contribution < -0.4 is 10.6 Å². The number of carbonyl (C=O) groups excluding carboxylic acids is 3. The second-order valence-corrected chi connectivity index (χ2v) is 10.7. The number of hydrogen-bond acceptors (Lipinski definition) is 6. The number of halogens is 3. The highest BCUT2D eigenvalue weighted by molar-refractivity contribution is 8.01. The minimum absolute atomic E-state index is 0.0751. The Morgan fingerprint density at radius 2 is 2.06 bits per heavy atom. The number of alkyl halides is 3. The molecule has 1 aromatic heterocycles. The van der Waals surface area contributed by atoms with E-state index in [4.69, 9.17) is 4.74 Å². The molecule has 1 aliphatic heterocycles. The van der Waals surface area contributed by atoms with Crippen LogP contribution in [0.4, 0.5) is 23.9 Å². The van der Waals surface area contributed by atoms with Gasteiger partial charge in [0.2, 0.25) is 11.8 Å². The molecule has 2 aliphatic rings. The van der Waals surface area contributed by atoms with Crippen molar-refractivity contribution in [3.8, 4) is 0 Å². The van der Waals surface area contributed by atoms with Crippen molar-refractivity contribution in [2.75, 3.05) is 17.2 Å². The number of thiophene rings is 1. The van der Waals surface area contributed by atoms with Crippen LogP contribution in [0.5, 0.6) is 0 Å². The summed E-state index contributed by atoms with van der Waals surface area (Å²) < 4.78 is 44.1. The van der Waals surface area contributed by atoms with E-state index < -0.39 is 34.8 Å². The molecule has 0 radical (unpaired) electrons. The molecule has 0 bridgehead atoms. The Morgan fingerprint density at radius 3 is 2.76 bits per heavy atom. The van der Waals surface area contributed by atoms with Gasteiger partial charge in [0.1, 0.15) is 5.00 Å². The van der Waals surface area contributed by atoms with Crippen molar-refractivity contribution < 1.29 is 32.3 Å². The standard InChI is InChI=1S/C23H23F3N2O4S2/c1-3-32-22(31)19-13-6-4-11(2)8-16(13)34-21(19)28-18(29)10-17-20(30)27-14-9-12(23(24,25)26)5-7-15(14)33-17/h5,7,9,11,17H,3-4,6,8,10H2,1-2H3,(H,27,30)(H,28,29)/t11-,17+/m0/s1. The molecule has 1 aromatic carbocycles. The van der Waals surface area contributed by atoms with E-state index in [1.54, 1.807) is 6.92 Å². The van der Waals surface area contributed by atoms with Gasteiger partial charge in [0.15, 0.2) is 0 Å². The van der Waals surface area contributed by atoms with E-state index in [1.165, 1.54) is 17.4 Å². The third-order valence-corrected chi connectivity index (χ3v) is 8.19. The van der Waals surface area contributed by atoms with Gasteiger partial charge < -0.3 is 15.4 Å². The van der Waals surface area contributed by atoms with Gasteiger partial charge in [-0.15, -0.1) is 23.1 Å². The third kappa shape index (κ3) is 5.10. The van der Waals surface area contributed by atoms with Crippen LogP contribution in [-0.4, -0.2) is 29.6 Å². The molecular weight excluding hydrogens is 489 g/mol. The summed E-state index contributed by atoms with van der Waals surface area (Å²) in [6, 6.07) is 3.13. The largest absolute Gasteiger partial charge is 0.462 e. The second kappa shape index (κ2) is 9.61. The minimum atomic E-state index is -4.52. The van der Waals surface area contributed by atoms with Crippen molar-refractivity contribution in [1.82, 2.24) is 0 Å². The van der Waals surface area contributed by atoms with E-state index in [1.807, 2.05) is 0 Å². The molecule has 0 saturated heterocycles. The van der Waals surface area contributed by atoms with Crippen LogP contribution in [0.2, 0.25) is 0 Å². The lowest BCUT2D eigenvalue weighted by atomic mass is 9.88. The highest BCUT2D eigenvalue weighted by Gasteiger charge is 2.35. The Kier molecular flexibility index (Phi) is 6.95. The van der Waals surface area contributed by atoms with Gasteiger partial charge in [-0.3, -0.25) is 9.59 Å². The maximum atomic E-state index is 13.0. The molecule has 6 nitrogen and oxygen atoms in total. The summed E-state index contributed by atoms with van der Waals surface area (Å²) in [5.41, 5.74) is 0.515. The molecule has 11 heteroatoms. The Morgan fingerprint density at radius 1 is 1.29 bits per heavy atom. The topological polar surface area (TPSA) is 84.5 Å². The highest BCUT2D eigenvalue weighted by Crippen LogP contribution is 2.42. The van der Waals surface area contributed by atoms with Gasteiger partial charge in [-0.2, -0.15) is 13.2 Å². The smallest absolute Gasteiger partial charge is 0.416 e. The van der Waals surface area contributed by atoms with Crippen LogP contribution in [0.1, 0.15) is 53.1 Å². The molecule has 2 N–H and O–H groups in total. The molecule has 4 rings (SSSR count). The average Bonchev–Trinajstić information content (AvgIpc) is 3.10. The quantitative estimate of drug-likeness (QED) is 0.516. The molecule has 0 fully saturated rings. The van der Waals surface area contributed by atoms with E-state index in [0.717, 1.165) is 53.6 Å². The number of anilines is 2. The summed E-state index contributed by atoms with van der Waals surface area (Å²) in [6.07, 6.45) is -2.22. The van der Waals surface area contributed by atoms with Gasteiger partial charge in [0.05, 0.1) is 28.7 Å². The van der Waals surface area contributed by atoms with Crippen LogP contribution in [0.15, 0.2) is 23.1 Å². The number of esters is 1. The molecule has 2 heterocycles. The van der Waals surface area contributed by atoms with E-state index in [0.29, 0.717) is 21.4 Å². The first-order valence-electron chi connectivity index (χ1n) is 10.9. The van der Waals surface area contributed by atoms with Gasteiger partial charge in [-0.25, -0.2) is 4.79 Å². The first kappa shape index (κ1) is 24.6. The molecule has 2 aromatic rings. The number of amides is 2. The van der Waals surface area contributed by atoms with Crippen LogP contribution in [0.25, 0.3) is 0 Å². The molecule has 34 heavy (non-hydrogen) atoms. The Bertz CT molecular complexity index is 1150. The lowest BCUT2D eigenvalue weighted by Crippen LogP contribution is -2.32. The van der Waals surface area contributed by atoms with Gasteiger partial charge in [0.25, 0.3) is 0 Å². The number of fused-ring (bicyclic) bond motifs is 2. The van der Waals surface area contributed by atoms with E-state index in [-0.39, 0.29) is 18.7 Å². The second-order valence-electron chi connectivity index (χ2n) is 8.33. The third-order valence-electron chi connectivity index (χ3n) is 5.74. The van der Waals surface area contributed by atoms with Crippen molar-refractivity contribution in [1.29, 1.82) is 0 Å². The van der Waals surface area contributed by atoms with Gasteiger partial charge in [0, 0.05) is 16.2 Å². The van der Waals surface area contributed by atoms with Crippen molar-refractivity contribution >= 4 is 51.6 Å². The number of ether oxygens (including phenoxy) is 1. The van der Waals surface area contributed by atoms with Crippen molar-refractivity contribution in [3.05, 3.63) is 39.8 Å². The summed E-state index contributed by atoms with van der Waals surface area (Å²) in [5.74, 6) is -1.01. The monoisotopic (exact) mass is 512 g/mol. The predicted octanol–water partition coefficient (Wildman–Crippen LogP) is 5.51. The summed E-state index contributed by atoms with van der Waals surface area (Å²) in [4.78, 5) is 39.5. The molecular formula is C23H23F3N2O4S2. The predicted molar refractivity (Wildman–Crippen MR) is 124 cm³/mol. The maximum Gasteiger partial charge on any atom is 0.416 e. The molecule has 182 valence electrons. The maximum absolute atomic E-state index is 13.0. The van der Waals surface area contributed by atoms with E-state index in [2.05, 4.69) is 17.6 Å². The zero-order chi connectivity index (χ0) is 24.6. The van der Waals surface area contributed by atoms with Gasteiger partial charge in [-0.05, 0) is 55.9 Å². The summed E-state index contributed by atoms with van der Waals surface area (Å²) >= 11 is 2.40. The zero-order valence-electron chi connectivity index (χ0n) is 18.5. The van der Waals surface area contributed by atoms with Crippen molar-refractivity contribution in [2.45, 2.75) is 55.9 Å². The first-order chi connectivity index (χ1) is 16.1. The number of thioether (sulfide) groups is 1. The van der Waals surface area contributed by atoms with Crippen LogP contribution in [0, 0.1) is 5.92 Å². The SMILES string of the molecule is CCOC(=O)c1c(NC(=O)C[C@H]2Sc3ccc(C(F)(F)F)cc3NC2=O)sc2c1CC[C@H](C)C2. The number of hydrogen-bond donors (Lipinski definition) is 2. The zero-order valence-corrected chi connectivity index (χ0v) is 20.1. The Labute approximate surface area is 202 Å². The Balaban J connectivity index is 1.50. The van der Waals surface area contributed by atoms with Crippen LogP contribution in [0.3, 0.4) is 0 Å². The highest BCUT2D eigenvalue weighted by atomic mass is 32.2. The molecule has 2 atom stereocenters. The fourth-order valence-corrected chi connectivity index (χ4v) is 6.57. The molecule has 1 aliphatic carbocycles. The normalized spacial score (nSPS) is 19.6. The van der Waals surface area contributed by atoms with E-state index in [9.17, 15) is 27.6 Å². The number of nitrogens with one attached hydrogen (secondary N) is 2. The molecule has 0 spiro atoms. The molecule has 2 amide bonds. The first-order valence-corrected chi connectivity index (χ1v) is 12.6. The summed E-state index contributed by atoms with van der Waals surface area (Å²) in [6.45, 7) is 4.06. The van der Waals surface area contributed by atoms with Crippen molar-refractivity contribution in [3.63, 3.8) is 0 Å². The van der Waals surface area contributed by atoms with Crippen LogP contribution >= 0.6 is 23.1 Å². The fraction of sp³-hybridized carbons (Fsp3) is 0.435. The van der Waals surface area contributed by atoms with Gasteiger partial charge >= 0.3 is 12.1 Å². The summed E-state index contributed by atoms with van der Waals surface area (Å²) in [5, 5.41) is 4.85. The molecule has 0 unspecified atom stereocenters. The number of carbonyl (C=O) groups is 3. The van der Waals surface area contributed by atoms with E-state index >= 15 is 0 Å². The lowest BCUT2D eigenvalue weighted by molar-refractivity contribution is -0.137. The lowest BCUT2D eigenvalue weighted by Gasteiger charge is -2.24. The molecule has 0 saturated carbocycles. The summed E-state index contributed by atoms with van der Waals surface area (Å²) in [7, 11) is 0. The van der Waals surface area contributed by atoms with Gasteiger partial charge in [-0.1, -0.05) is 6.92 Å².